The highest BCUT2D eigenvalue weighted by Gasteiger charge is 2.44. The first-order chi connectivity index (χ1) is 11.1. The van der Waals surface area contributed by atoms with E-state index in [2.05, 4.69) is 9.97 Å². The fourth-order valence-corrected chi connectivity index (χ4v) is 3.62. The summed E-state index contributed by atoms with van der Waals surface area (Å²) in [5.74, 6) is 1.24. The average molecular weight is 312 g/mol. The van der Waals surface area contributed by atoms with Crippen LogP contribution in [0, 0.1) is 12.8 Å². The molecule has 4 heterocycles. The molecular formula is C17H20N4O2. The molecule has 6 heteroatoms. The molecule has 6 nitrogen and oxygen atoms in total. The maximum absolute atomic E-state index is 12.6. The van der Waals surface area contributed by atoms with Gasteiger partial charge in [0, 0.05) is 38.4 Å². The lowest BCUT2D eigenvalue weighted by atomic mass is 10.0. The molecule has 4 rings (SSSR count). The first kappa shape index (κ1) is 14.4. The quantitative estimate of drug-likeness (QED) is 0.847. The molecule has 120 valence electrons. The van der Waals surface area contributed by atoms with Crippen molar-refractivity contribution in [3.05, 3.63) is 47.8 Å². The third-order valence-electron chi connectivity index (χ3n) is 4.81. The molecule has 2 aliphatic rings. The molecule has 23 heavy (non-hydrogen) atoms. The minimum absolute atomic E-state index is 0.0268. The third kappa shape index (κ3) is 2.53. The predicted octanol–water partition coefficient (Wildman–Crippen LogP) is 1.73. The van der Waals surface area contributed by atoms with Crippen molar-refractivity contribution in [2.24, 2.45) is 13.0 Å². The summed E-state index contributed by atoms with van der Waals surface area (Å²) in [5.41, 5.74) is 1.68. The molecule has 0 unspecified atom stereocenters. The fourth-order valence-electron chi connectivity index (χ4n) is 3.62. The van der Waals surface area contributed by atoms with Gasteiger partial charge in [0.25, 0.3) is 5.91 Å². The Hall–Kier alpha value is -2.21. The van der Waals surface area contributed by atoms with Gasteiger partial charge in [-0.15, -0.1) is 0 Å². The summed E-state index contributed by atoms with van der Waals surface area (Å²) in [5, 5.41) is 0. The lowest BCUT2D eigenvalue weighted by Crippen LogP contribution is -2.32. The molecule has 0 aliphatic carbocycles. The Labute approximate surface area is 135 Å². The minimum atomic E-state index is 0.0268. The van der Waals surface area contributed by atoms with Crippen LogP contribution in [-0.4, -0.2) is 44.5 Å². The molecule has 2 saturated heterocycles. The van der Waals surface area contributed by atoms with E-state index in [1.54, 1.807) is 6.20 Å². The van der Waals surface area contributed by atoms with Gasteiger partial charge in [0.1, 0.15) is 17.6 Å². The number of aromatic nitrogens is 3. The molecule has 0 radical (unpaired) electrons. The number of fused-ring (bicyclic) bond motifs is 1. The van der Waals surface area contributed by atoms with Crippen molar-refractivity contribution >= 4 is 5.91 Å². The van der Waals surface area contributed by atoms with Crippen LogP contribution in [0.15, 0.2) is 30.6 Å². The summed E-state index contributed by atoms with van der Waals surface area (Å²) in [6, 6.07) is 5.68. The van der Waals surface area contributed by atoms with Gasteiger partial charge in [-0.05, 0) is 31.5 Å². The monoisotopic (exact) mass is 312 g/mol. The second kappa shape index (κ2) is 5.45. The Morgan fingerprint density at radius 2 is 2.22 bits per heavy atom. The average Bonchev–Trinajstić information content (AvgIpc) is 3.20. The number of hydrogen-bond acceptors (Lipinski definition) is 4. The molecule has 2 aromatic rings. The van der Waals surface area contributed by atoms with Crippen LogP contribution in [0.25, 0.3) is 0 Å². The normalized spacial score (nSPS) is 26.5. The molecule has 0 N–H and O–H groups in total. The van der Waals surface area contributed by atoms with Crippen molar-refractivity contribution in [3.63, 3.8) is 0 Å². The van der Waals surface area contributed by atoms with Crippen LogP contribution >= 0.6 is 0 Å². The Morgan fingerprint density at radius 1 is 1.35 bits per heavy atom. The number of hydrogen-bond donors (Lipinski definition) is 0. The SMILES string of the molecule is Cc1nccc([C@@H]2C[C@H]3CN(C(=O)c4cccn4C)C[C@H]3O2)n1. The molecule has 0 saturated carbocycles. The molecule has 2 aromatic heterocycles. The van der Waals surface area contributed by atoms with Gasteiger partial charge in [-0.25, -0.2) is 9.97 Å². The van der Waals surface area contributed by atoms with Crippen LogP contribution in [0.3, 0.4) is 0 Å². The Morgan fingerprint density at radius 3 is 2.91 bits per heavy atom. The molecule has 2 fully saturated rings. The van der Waals surface area contributed by atoms with Crippen molar-refractivity contribution in [2.45, 2.75) is 25.6 Å². The van der Waals surface area contributed by atoms with Crippen molar-refractivity contribution < 1.29 is 9.53 Å². The van der Waals surface area contributed by atoms with Crippen LogP contribution in [-0.2, 0) is 11.8 Å². The summed E-state index contributed by atoms with van der Waals surface area (Å²) < 4.78 is 8.03. The highest BCUT2D eigenvalue weighted by molar-refractivity contribution is 5.93. The number of rotatable bonds is 2. The van der Waals surface area contributed by atoms with Crippen molar-refractivity contribution in [3.8, 4) is 0 Å². The van der Waals surface area contributed by atoms with E-state index in [1.165, 1.54) is 0 Å². The van der Waals surface area contributed by atoms with Gasteiger partial charge in [0.15, 0.2) is 0 Å². The van der Waals surface area contributed by atoms with E-state index in [9.17, 15) is 4.79 Å². The van der Waals surface area contributed by atoms with E-state index in [4.69, 9.17) is 4.74 Å². The number of carbonyl (C=O) groups is 1. The topological polar surface area (TPSA) is 60.2 Å². The zero-order valence-corrected chi connectivity index (χ0v) is 13.3. The molecule has 2 aliphatic heterocycles. The van der Waals surface area contributed by atoms with Crippen LogP contribution < -0.4 is 0 Å². The fraction of sp³-hybridized carbons (Fsp3) is 0.471. The van der Waals surface area contributed by atoms with Crippen LogP contribution in [0.4, 0.5) is 0 Å². The van der Waals surface area contributed by atoms with Crippen molar-refractivity contribution in [2.75, 3.05) is 13.1 Å². The molecule has 1 amide bonds. The smallest absolute Gasteiger partial charge is 0.270 e. The van der Waals surface area contributed by atoms with Crippen molar-refractivity contribution in [1.29, 1.82) is 0 Å². The predicted molar refractivity (Wildman–Crippen MR) is 83.8 cm³/mol. The van der Waals surface area contributed by atoms with Gasteiger partial charge in [-0.1, -0.05) is 0 Å². The van der Waals surface area contributed by atoms with E-state index >= 15 is 0 Å². The molecule has 0 bridgehead atoms. The Bertz CT molecular complexity index is 728. The van der Waals surface area contributed by atoms with Gasteiger partial charge in [0.05, 0.1) is 11.8 Å². The zero-order valence-electron chi connectivity index (χ0n) is 13.3. The lowest BCUT2D eigenvalue weighted by molar-refractivity contribution is 0.0333. The third-order valence-corrected chi connectivity index (χ3v) is 4.81. The number of carbonyl (C=O) groups excluding carboxylic acids is 1. The maximum Gasteiger partial charge on any atom is 0.270 e. The molecule has 0 spiro atoms. The number of likely N-dealkylation sites (tertiary alicyclic amines) is 1. The van der Waals surface area contributed by atoms with Gasteiger partial charge < -0.3 is 14.2 Å². The van der Waals surface area contributed by atoms with Gasteiger partial charge in [-0.3, -0.25) is 4.79 Å². The standard InChI is InChI=1S/C17H20N4O2/c1-11-18-6-5-13(19-11)15-8-12-9-21(10-16(12)23-15)17(22)14-4-3-7-20(14)2/h3-7,12,15-16H,8-10H2,1-2H3/t12-,15-,16+/m0/s1. The van der Waals surface area contributed by atoms with E-state index in [0.29, 0.717) is 12.5 Å². The van der Waals surface area contributed by atoms with E-state index in [0.717, 1.165) is 30.2 Å². The van der Waals surface area contributed by atoms with Gasteiger partial charge in [0.2, 0.25) is 0 Å². The molecule has 0 aromatic carbocycles. The number of nitrogens with zero attached hydrogens (tertiary/aromatic N) is 4. The first-order valence-electron chi connectivity index (χ1n) is 7.97. The number of aryl methyl sites for hydroxylation is 2. The molecular weight excluding hydrogens is 292 g/mol. The second-order valence-corrected chi connectivity index (χ2v) is 6.40. The Balaban J connectivity index is 1.44. The first-order valence-corrected chi connectivity index (χ1v) is 7.97. The van der Waals surface area contributed by atoms with E-state index in [1.807, 2.05) is 47.8 Å². The van der Waals surface area contributed by atoms with E-state index < -0.39 is 0 Å². The number of ether oxygens (including phenoxy) is 1. The molecule has 3 atom stereocenters. The van der Waals surface area contributed by atoms with Crippen LogP contribution in [0.2, 0.25) is 0 Å². The zero-order chi connectivity index (χ0) is 16.0. The highest BCUT2D eigenvalue weighted by atomic mass is 16.5. The largest absolute Gasteiger partial charge is 0.366 e. The van der Waals surface area contributed by atoms with Crippen molar-refractivity contribution in [1.82, 2.24) is 19.4 Å². The summed E-state index contributed by atoms with van der Waals surface area (Å²) in [6.07, 6.45) is 4.73. The van der Waals surface area contributed by atoms with Crippen LogP contribution in [0.5, 0.6) is 0 Å². The lowest BCUT2D eigenvalue weighted by Gasteiger charge is -2.19. The van der Waals surface area contributed by atoms with E-state index in [-0.39, 0.29) is 18.1 Å². The summed E-state index contributed by atoms with van der Waals surface area (Å²) in [7, 11) is 1.90. The minimum Gasteiger partial charge on any atom is -0.366 e. The van der Waals surface area contributed by atoms with Gasteiger partial charge in [-0.2, -0.15) is 0 Å². The van der Waals surface area contributed by atoms with Crippen LogP contribution in [0.1, 0.15) is 34.5 Å². The summed E-state index contributed by atoms with van der Waals surface area (Å²) >= 11 is 0. The second-order valence-electron chi connectivity index (χ2n) is 6.40. The summed E-state index contributed by atoms with van der Waals surface area (Å²) in [6.45, 7) is 3.31. The summed E-state index contributed by atoms with van der Waals surface area (Å²) in [4.78, 5) is 23.1. The van der Waals surface area contributed by atoms with Gasteiger partial charge >= 0.3 is 0 Å². The maximum atomic E-state index is 12.6. The number of amides is 1. The highest BCUT2D eigenvalue weighted by Crippen LogP contribution is 2.40. The Kier molecular flexibility index (Phi) is 3.41.